The van der Waals surface area contributed by atoms with Crippen molar-refractivity contribution in [1.82, 2.24) is 14.5 Å². The fraction of sp³-hybridized carbons (Fsp3) is 0.750. The molecule has 0 spiro atoms. The molecule has 7 nitrogen and oxygen atoms in total. The molecule has 0 unspecified atom stereocenters. The standard InChI is InChI=1S/C12H23N3O4S/c1-12(2,3)11(17)5-9(8-16)14-20(18,19)10-6-13-15(4)7-10/h6-7,9,11,14,16-17H,5,8H2,1-4H3/t9-,11-/m0/s1. The van der Waals surface area contributed by atoms with Crippen LogP contribution in [0.3, 0.4) is 0 Å². The van der Waals surface area contributed by atoms with Crippen LogP contribution in [0.25, 0.3) is 0 Å². The minimum absolute atomic E-state index is 0.0312. The lowest BCUT2D eigenvalue weighted by Gasteiger charge is -2.29. The number of aromatic nitrogens is 2. The number of hydrogen-bond donors (Lipinski definition) is 3. The summed E-state index contributed by atoms with van der Waals surface area (Å²) in [6, 6.07) is -0.741. The van der Waals surface area contributed by atoms with Crippen molar-refractivity contribution in [2.45, 2.75) is 44.2 Å². The largest absolute Gasteiger partial charge is 0.395 e. The first-order chi connectivity index (χ1) is 9.06. The van der Waals surface area contributed by atoms with Gasteiger partial charge in [-0.2, -0.15) is 5.10 Å². The number of aliphatic hydroxyl groups excluding tert-OH is 2. The molecule has 0 saturated heterocycles. The van der Waals surface area contributed by atoms with Gasteiger partial charge in [0.2, 0.25) is 10.0 Å². The third-order valence-corrected chi connectivity index (χ3v) is 4.52. The number of aryl methyl sites for hydroxylation is 1. The predicted octanol–water partition coefficient (Wildman–Crippen LogP) is -0.144. The second kappa shape index (κ2) is 6.21. The van der Waals surface area contributed by atoms with E-state index in [1.54, 1.807) is 7.05 Å². The first kappa shape index (κ1) is 17.1. The van der Waals surface area contributed by atoms with Crippen molar-refractivity contribution >= 4 is 10.0 Å². The Morgan fingerprint density at radius 3 is 2.45 bits per heavy atom. The summed E-state index contributed by atoms with van der Waals surface area (Å²) in [5.41, 5.74) is -0.382. The Balaban J connectivity index is 2.78. The predicted molar refractivity (Wildman–Crippen MR) is 74.5 cm³/mol. The highest BCUT2D eigenvalue weighted by atomic mass is 32.2. The van der Waals surface area contributed by atoms with Gasteiger partial charge >= 0.3 is 0 Å². The molecule has 1 rings (SSSR count). The smallest absolute Gasteiger partial charge is 0.244 e. The first-order valence-electron chi connectivity index (χ1n) is 6.36. The molecule has 0 aliphatic carbocycles. The molecule has 0 amide bonds. The van der Waals surface area contributed by atoms with Crippen molar-refractivity contribution in [1.29, 1.82) is 0 Å². The summed E-state index contributed by atoms with van der Waals surface area (Å²) in [6.07, 6.45) is 2.02. The number of sulfonamides is 1. The number of nitrogens with zero attached hydrogens (tertiary/aromatic N) is 2. The molecular weight excluding hydrogens is 282 g/mol. The van der Waals surface area contributed by atoms with Crippen LogP contribution in [0.2, 0.25) is 0 Å². The van der Waals surface area contributed by atoms with Gasteiger partial charge in [0.1, 0.15) is 4.90 Å². The minimum atomic E-state index is -3.75. The van der Waals surface area contributed by atoms with Gasteiger partial charge in [-0.1, -0.05) is 20.8 Å². The normalized spacial score (nSPS) is 16.1. The fourth-order valence-corrected chi connectivity index (χ4v) is 2.83. The molecule has 0 radical (unpaired) electrons. The van der Waals surface area contributed by atoms with Gasteiger partial charge < -0.3 is 10.2 Å². The summed E-state index contributed by atoms with van der Waals surface area (Å²) < 4.78 is 27.9. The average Bonchev–Trinajstić information content (AvgIpc) is 2.74. The van der Waals surface area contributed by atoms with Gasteiger partial charge in [-0.25, -0.2) is 13.1 Å². The molecule has 0 aromatic carbocycles. The Hall–Kier alpha value is -0.960. The number of rotatable bonds is 6. The molecule has 2 atom stereocenters. The van der Waals surface area contributed by atoms with Gasteiger partial charge in [-0.05, 0) is 11.8 Å². The van der Waals surface area contributed by atoms with E-state index < -0.39 is 22.2 Å². The van der Waals surface area contributed by atoms with Gasteiger partial charge in [0, 0.05) is 19.3 Å². The van der Waals surface area contributed by atoms with E-state index >= 15 is 0 Å². The summed E-state index contributed by atoms with van der Waals surface area (Å²) in [4.78, 5) is 0.0312. The van der Waals surface area contributed by atoms with E-state index in [4.69, 9.17) is 0 Å². The van der Waals surface area contributed by atoms with E-state index in [-0.39, 0.29) is 23.3 Å². The van der Waals surface area contributed by atoms with Crippen LogP contribution in [-0.2, 0) is 17.1 Å². The van der Waals surface area contributed by atoms with Crippen LogP contribution in [0.4, 0.5) is 0 Å². The van der Waals surface area contributed by atoms with Crippen LogP contribution < -0.4 is 4.72 Å². The zero-order chi connectivity index (χ0) is 15.6. The molecule has 0 bridgehead atoms. The van der Waals surface area contributed by atoms with E-state index in [1.165, 1.54) is 17.1 Å². The van der Waals surface area contributed by atoms with Crippen LogP contribution in [0.1, 0.15) is 27.2 Å². The molecular formula is C12H23N3O4S. The van der Waals surface area contributed by atoms with Crippen molar-refractivity contribution in [3.63, 3.8) is 0 Å². The molecule has 20 heavy (non-hydrogen) atoms. The molecule has 0 aliphatic rings. The maximum atomic E-state index is 12.1. The summed E-state index contributed by atoms with van der Waals surface area (Å²) >= 11 is 0. The van der Waals surface area contributed by atoms with E-state index in [2.05, 4.69) is 9.82 Å². The number of hydrogen-bond acceptors (Lipinski definition) is 5. The third kappa shape index (κ3) is 4.55. The van der Waals surface area contributed by atoms with E-state index in [0.29, 0.717) is 0 Å². The quantitative estimate of drug-likeness (QED) is 0.678. The van der Waals surface area contributed by atoms with Crippen LogP contribution in [0.15, 0.2) is 17.3 Å². The summed E-state index contributed by atoms with van der Waals surface area (Å²) in [7, 11) is -2.13. The van der Waals surface area contributed by atoms with Gasteiger partial charge in [0.05, 0.1) is 18.9 Å². The summed E-state index contributed by atoms with van der Waals surface area (Å²) in [6.45, 7) is 5.16. The Bertz CT molecular complexity index is 533. The SMILES string of the molecule is Cn1cc(S(=O)(=O)N[C@H](CO)C[C@H](O)C(C)(C)C)cn1. The van der Waals surface area contributed by atoms with Crippen LogP contribution in [-0.4, -0.2) is 47.2 Å². The highest BCUT2D eigenvalue weighted by Gasteiger charge is 2.28. The Morgan fingerprint density at radius 1 is 1.45 bits per heavy atom. The van der Waals surface area contributed by atoms with Crippen molar-refractivity contribution in [3.8, 4) is 0 Å². The van der Waals surface area contributed by atoms with Crippen LogP contribution in [0.5, 0.6) is 0 Å². The van der Waals surface area contributed by atoms with Crippen molar-refractivity contribution < 1.29 is 18.6 Å². The molecule has 1 aromatic heterocycles. The van der Waals surface area contributed by atoms with Crippen LogP contribution in [0, 0.1) is 5.41 Å². The monoisotopic (exact) mass is 305 g/mol. The summed E-state index contributed by atoms with van der Waals surface area (Å²) in [5, 5.41) is 23.1. The maximum Gasteiger partial charge on any atom is 0.244 e. The molecule has 3 N–H and O–H groups in total. The molecule has 116 valence electrons. The minimum Gasteiger partial charge on any atom is -0.395 e. The molecule has 8 heteroatoms. The topological polar surface area (TPSA) is 104 Å². The second-order valence-corrected chi connectivity index (χ2v) is 7.68. The first-order valence-corrected chi connectivity index (χ1v) is 7.84. The van der Waals surface area contributed by atoms with E-state index in [0.717, 1.165) is 0 Å². The van der Waals surface area contributed by atoms with E-state index in [9.17, 15) is 18.6 Å². The number of aliphatic hydroxyl groups is 2. The molecule has 1 aromatic rings. The van der Waals surface area contributed by atoms with Gasteiger partial charge in [-0.3, -0.25) is 4.68 Å². The molecule has 0 saturated carbocycles. The van der Waals surface area contributed by atoms with Crippen molar-refractivity contribution in [3.05, 3.63) is 12.4 Å². The lowest BCUT2D eigenvalue weighted by molar-refractivity contribution is 0.0420. The number of nitrogens with one attached hydrogen (secondary N) is 1. The van der Waals surface area contributed by atoms with Gasteiger partial charge in [0.25, 0.3) is 0 Å². The zero-order valence-electron chi connectivity index (χ0n) is 12.2. The maximum absolute atomic E-state index is 12.1. The summed E-state index contributed by atoms with van der Waals surface area (Å²) in [5.74, 6) is 0. The lowest BCUT2D eigenvalue weighted by Crippen LogP contribution is -2.42. The molecule has 0 aliphatic heterocycles. The van der Waals surface area contributed by atoms with Crippen molar-refractivity contribution in [2.75, 3.05) is 6.61 Å². The molecule has 1 heterocycles. The highest BCUT2D eigenvalue weighted by molar-refractivity contribution is 7.89. The lowest BCUT2D eigenvalue weighted by atomic mass is 9.86. The second-order valence-electron chi connectivity index (χ2n) is 5.97. The zero-order valence-corrected chi connectivity index (χ0v) is 13.1. The third-order valence-electron chi connectivity index (χ3n) is 3.04. The van der Waals surface area contributed by atoms with E-state index in [1.807, 2.05) is 20.8 Å². The van der Waals surface area contributed by atoms with Gasteiger partial charge in [0.15, 0.2) is 0 Å². The Kier molecular flexibility index (Phi) is 5.31. The Morgan fingerprint density at radius 2 is 2.05 bits per heavy atom. The van der Waals surface area contributed by atoms with Crippen molar-refractivity contribution in [2.24, 2.45) is 12.5 Å². The molecule has 0 fully saturated rings. The fourth-order valence-electron chi connectivity index (χ4n) is 1.61. The highest BCUT2D eigenvalue weighted by Crippen LogP contribution is 2.23. The van der Waals surface area contributed by atoms with Crippen LogP contribution >= 0.6 is 0 Å². The van der Waals surface area contributed by atoms with Gasteiger partial charge in [-0.15, -0.1) is 0 Å². The Labute approximate surface area is 119 Å². The average molecular weight is 305 g/mol.